The number of oxime groups is 1. The minimum Gasteiger partial charge on any atom is -0.456 e. The minimum atomic E-state index is -0.631. The number of nitrogens with one attached hydrogen (secondary N) is 1. The Bertz CT molecular complexity index is 749. The summed E-state index contributed by atoms with van der Waals surface area (Å²) in [6.07, 6.45) is -0.327. The van der Waals surface area contributed by atoms with Gasteiger partial charge in [0.25, 0.3) is 0 Å². The van der Waals surface area contributed by atoms with Crippen LogP contribution in [0.3, 0.4) is 0 Å². The fraction of sp³-hybridized carbons (Fsp3) is 0.412. The minimum absolute atomic E-state index is 0.156. The molecule has 1 atom stereocenters. The predicted molar refractivity (Wildman–Crippen MR) is 90.3 cm³/mol. The molecule has 0 saturated carbocycles. The van der Waals surface area contributed by atoms with E-state index >= 15 is 0 Å². The highest BCUT2D eigenvalue weighted by Gasteiger charge is 2.29. The van der Waals surface area contributed by atoms with E-state index in [4.69, 9.17) is 25.5 Å². The van der Waals surface area contributed by atoms with E-state index in [0.29, 0.717) is 11.1 Å². The van der Waals surface area contributed by atoms with Crippen molar-refractivity contribution in [1.29, 1.82) is 5.41 Å². The summed E-state index contributed by atoms with van der Waals surface area (Å²) in [5.74, 6) is -1.06. The van der Waals surface area contributed by atoms with E-state index in [-0.39, 0.29) is 23.7 Å². The fourth-order valence-corrected chi connectivity index (χ4v) is 2.28. The molecule has 134 valence electrons. The lowest BCUT2D eigenvalue weighted by molar-refractivity contribution is -0.133. The molecule has 0 spiro atoms. The van der Waals surface area contributed by atoms with E-state index in [1.165, 1.54) is 13.0 Å². The molecule has 2 rings (SSSR count). The highest BCUT2D eigenvalue weighted by molar-refractivity contribution is 6.00. The first kappa shape index (κ1) is 18.4. The predicted octanol–water partition coefficient (Wildman–Crippen LogP) is 2.26. The van der Waals surface area contributed by atoms with Crippen LogP contribution in [0.15, 0.2) is 23.4 Å². The molecule has 0 amide bonds. The van der Waals surface area contributed by atoms with Gasteiger partial charge in [0.15, 0.2) is 6.10 Å². The number of hydrogen-bond donors (Lipinski definition) is 2. The normalized spacial score (nSPS) is 16.6. The molecule has 0 bridgehead atoms. The first-order valence-corrected chi connectivity index (χ1v) is 7.69. The topological polar surface area (TPSA) is 124 Å². The molecule has 25 heavy (non-hydrogen) atoms. The summed E-state index contributed by atoms with van der Waals surface area (Å²) < 4.78 is 10.2. The molecule has 1 aliphatic heterocycles. The zero-order valence-corrected chi connectivity index (χ0v) is 14.6. The van der Waals surface area contributed by atoms with Crippen LogP contribution in [-0.2, 0) is 19.1 Å². The summed E-state index contributed by atoms with van der Waals surface area (Å²) in [5, 5.41) is 11.5. The zero-order chi connectivity index (χ0) is 18.8. The molecule has 0 fully saturated rings. The van der Waals surface area contributed by atoms with Crippen molar-refractivity contribution in [2.75, 3.05) is 0 Å². The number of benzene rings is 1. The Hall–Kier alpha value is -2.90. The molecule has 1 aliphatic rings. The Morgan fingerprint density at radius 3 is 2.60 bits per heavy atom. The van der Waals surface area contributed by atoms with E-state index in [0.717, 1.165) is 0 Å². The maximum atomic E-state index is 12.2. The number of amidine groups is 1. The number of ether oxygens (including phenoxy) is 2. The number of nitrogen functional groups attached to an aromatic ring is 1. The average Bonchev–Trinajstić information content (AvgIpc) is 2.92. The van der Waals surface area contributed by atoms with Gasteiger partial charge in [-0.3, -0.25) is 10.2 Å². The Kier molecular flexibility index (Phi) is 5.10. The second-order valence-electron chi connectivity index (χ2n) is 6.59. The number of rotatable bonds is 3. The largest absolute Gasteiger partial charge is 0.456 e. The maximum Gasteiger partial charge on any atom is 0.338 e. The third-order valence-electron chi connectivity index (χ3n) is 3.23. The number of nitrogens with two attached hydrogens (primary N) is 1. The molecule has 1 heterocycles. The molecule has 8 nitrogen and oxygen atoms in total. The van der Waals surface area contributed by atoms with E-state index in [1.807, 2.05) is 0 Å². The molecule has 0 aromatic heterocycles. The summed E-state index contributed by atoms with van der Waals surface area (Å²) >= 11 is 0. The Morgan fingerprint density at radius 2 is 2.04 bits per heavy atom. The molecule has 8 heteroatoms. The lowest BCUT2D eigenvalue weighted by Crippen LogP contribution is -2.24. The van der Waals surface area contributed by atoms with E-state index < -0.39 is 23.6 Å². The second kappa shape index (κ2) is 6.92. The Labute approximate surface area is 145 Å². The van der Waals surface area contributed by atoms with Gasteiger partial charge in [0, 0.05) is 18.1 Å². The van der Waals surface area contributed by atoms with Crippen molar-refractivity contribution < 1.29 is 23.9 Å². The lowest BCUT2D eigenvalue weighted by Gasteiger charge is -2.20. The Balaban J connectivity index is 2.25. The van der Waals surface area contributed by atoms with Crippen LogP contribution < -0.4 is 5.73 Å². The van der Waals surface area contributed by atoms with Gasteiger partial charge in [-0.15, -0.1) is 0 Å². The van der Waals surface area contributed by atoms with Gasteiger partial charge in [0.05, 0.1) is 12.0 Å². The summed E-state index contributed by atoms with van der Waals surface area (Å²) in [7, 11) is 0. The molecule has 0 saturated heterocycles. The van der Waals surface area contributed by atoms with Gasteiger partial charge in [-0.25, -0.2) is 4.79 Å². The highest BCUT2D eigenvalue weighted by Crippen LogP contribution is 2.31. The van der Waals surface area contributed by atoms with E-state index in [1.54, 1.807) is 32.9 Å². The van der Waals surface area contributed by atoms with E-state index in [2.05, 4.69) is 5.16 Å². The quantitative estimate of drug-likeness (QED) is 0.491. The van der Waals surface area contributed by atoms with Crippen LogP contribution >= 0.6 is 0 Å². The second-order valence-corrected chi connectivity index (χ2v) is 6.59. The average molecular weight is 347 g/mol. The molecule has 0 radical (unpaired) electrons. The highest BCUT2D eigenvalue weighted by atomic mass is 16.7. The standard InChI is InChI=1S/C17H21N3O5/c1-9(21)23-14-8-13(25-20-14)11-6-5-10(7-12(11)15(18)19)16(22)24-17(2,3)4/h5-7,13H,8H2,1-4H3,(H3,18,19). The van der Waals surface area contributed by atoms with Gasteiger partial charge in [-0.1, -0.05) is 11.2 Å². The SMILES string of the molecule is CC(=O)OC1=NOC(c2ccc(C(=O)OC(C)(C)C)cc2C(=N)N)C1. The van der Waals surface area contributed by atoms with Crippen LogP contribution in [0, 0.1) is 5.41 Å². The van der Waals surface area contributed by atoms with Crippen molar-refractivity contribution in [3.05, 3.63) is 34.9 Å². The molecule has 1 unspecified atom stereocenters. The summed E-state index contributed by atoms with van der Waals surface area (Å²) in [6.45, 7) is 6.58. The summed E-state index contributed by atoms with van der Waals surface area (Å²) in [5.41, 5.74) is 6.21. The first-order chi connectivity index (χ1) is 11.6. The van der Waals surface area contributed by atoms with Crippen LogP contribution in [0.1, 0.15) is 61.7 Å². The van der Waals surface area contributed by atoms with Crippen LogP contribution in [0.4, 0.5) is 0 Å². The number of esters is 2. The van der Waals surface area contributed by atoms with Gasteiger partial charge in [-0.05, 0) is 32.9 Å². The summed E-state index contributed by atoms with van der Waals surface area (Å²) in [4.78, 5) is 28.5. The third kappa shape index (κ3) is 4.79. The zero-order valence-electron chi connectivity index (χ0n) is 14.6. The number of carbonyl (C=O) groups is 2. The lowest BCUT2D eigenvalue weighted by atomic mass is 9.97. The molecule has 0 aliphatic carbocycles. The molecular formula is C17H21N3O5. The van der Waals surface area contributed by atoms with Crippen molar-refractivity contribution in [2.45, 2.75) is 45.8 Å². The number of nitrogens with zero attached hydrogens (tertiary/aromatic N) is 1. The van der Waals surface area contributed by atoms with Gasteiger partial charge in [0.1, 0.15) is 11.4 Å². The van der Waals surface area contributed by atoms with Crippen molar-refractivity contribution >= 4 is 23.7 Å². The van der Waals surface area contributed by atoms with Crippen LogP contribution in [-0.4, -0.2) is 29.3 Å². The third-order valence-corrected chi connectivity index (χ3v) is 3.23. The van der Waals surface area contributed by atoms with Crippen molar-refractivity contribution in [1.82, 2.24) is 0 Å². The van der Waals surface area contributed by atoms with Crippen molar-refractivity contribution in [3.63, 3.8) is 0 Å². The van der Waals surface area contributed by atoms with Gasteiger partial charge in [0.2, 0.25) is 5.90 Å². The molecule has 3 N–H and O–H groups in total. The fourth-order valence-electron chi connectivity index (χ4n) is 2.28. The van der Waals surface area contributed by atoms with Crippen LogP contribution in [0.25, 0.3) is 0 Å². The maximum absolute atomic E-state index is 12.2. The Morgan fingerprint density at radius 1 is 1.36 bits per heavy atom. The van der Waals surface area contributed by atoms with Crippen LogP contribution in [0.5, 0.6) is 0 Å². The van der Waals surface area contributed by atoms with Crippen molar-refractivity contribution in [2.24, 2.45) is 10.9 Å². The van der Waals surface area contributed by atoms with Gasteiger partial charge >= 0.3 is 11.9 Å². The monoisotopic (exact) mass is 347 g/mol. The number of hydrogen-bond acceptors (Lipinski definition) is 7. The molecule has 1 aromatic carbocycles. The number of carbonyl (C=O) groups excluding carboxylic acids is 2. The van der Waals surface area contributed by atoms with Crippen LogP contribution in [0.2, 0.25) is 0 Å². The van der Waals surface area contributed by atoms with E-state index in [9.17, 15) is 9.59 Å². The molecule has 1 aromatic rings. The molecular weight excluding hydrogens is 326 g/mol. The summed E-state index contributed by atoms with van der Waals surface area (Å²) in [6, 6.07) is 4.69. The van der Waals surface area contributed by atoms with Gasteiger partial charge < -0.3 is 20.0 Å². The first-order valence-electron chi connectivity index (χ1n) is 7.69. The van der Waals surface area contributed by atoms with Crippen molar-refractivity contribution in [3.8, 4) is 0 Å². The smallest absolute Gasteiger partial charge is 0.338 e. The van der Waals surface area contributed by atoms with Gasteiger partial charge in [-0.2, -0.15) is 0 Å².